The third-order valence-corrected chi connectivity index (χ3v) is 5.54. The molecule has 1 unspecified atom stereocenters. The summed E-state index contributed by atoms with van der Waals surface area (Å²) in [7, 11) is -3.58. The fraction of sp³-hybridized carbons (Fsp3) is 0.538. The largest absolute Gasteiger partial charge is 0.313 e. The predicted molar refractivity (Wildman–Crippen MR) is 87.0 cm³/mol. The minimum absolute atomic E-state index is 0.136. The van der Waals surface area contributed by atoms with Crippen LogP contribution in [-0.2, 0) is 16.6 Å². The summed E-state index contributed by atoms with van der Waals surface area (Å²) < 4.78 is 27.3. The summed E-state index contributed by atoms with van der Waals surface area (Å²) in [5, 5.41) is 3.41. The maximum Gasteiger partial charge on any atom is 0.242 e. The highest BCUT2D eigenvalue weighted by molar-refractivity contribution is 7.98. The highest BCUT2D eigenvalue weighted by Gasteiger charge is 2.20. The fourth-order valence-corrected chi connectivity index (χ4v) is 4.23. The standard InChI is InChI=1S/C13H21ClN2O2S2/c1-4-15-8-11-5-6-12(14)13(7-11)20(17,18)16-10(2)9-19-3/h5-7,10,15-16H,4,8-9H2,1-3H3. The van der Waals surface area contributed by atoms with Crippen molar-refractivity contribution in [3.05, 3.63) is 28.8 Å². The number of rotatable bonds is 8. The first-order chi connectivity index (χ1) is 9.40. The van der Waals surface area contributed by atoms with E-state index in [-0.39, 0.29) is 16.0 Å². The van der Waals surface area contributed by atoms with Gasteiger partial charge in [-0.15, -0.1) is 0 Å². The van der Waals surface area contributed by atoms with Crippen LogP contribution in [0.3, 0.4) is 0 Å². The second-order valence-corrected chi connectivity index (χ2v) is 7.52. The summed E-state index contributed by atoms with van der Waals surface area (Å²) in [5.74, 6) is 0.716. The van der Waals surface area contributed by atoms with Gasteiger partial charge in [0.25, 0.3) is 0 Å². The summed E-state index contributed by atoms with van der Waals surface area (Å²) in [6.45, 7) is 5.29. The van der Waals surface area contributed by atoms with Crippen LogP contribution in [0.4, 0.5) is 0 Å². The quantitative estimate of drug-likeness (QED) is 0.765. The molecule has 0 heterocycles. The van der Waals surface area contributed by atoms with Crippen LogP contribution < -0.4 is 10.0 Å². The second kappa shape index (κ2) is 8.24. The first kappa shape index (κ1) is 17.8. The Bertz CT molecular complexity index is 535. The smallest absolute Gasteiger partial charge is 0.242 e. The molecular formula is C13H21ClN2O2S2. The van der Waals surface area contributed by atoms with E-state index in [2.05, 4.69) is 10.0 Å². The van der Waals surface area contributed by atoms with Gasteiger partial charge in [-0.2, -0.15) is 11.8 Å². The van der Waals surface area contributed by atoms with Crippen LogP contribution in [0.15, 0.2) is 23.1 Å². The zero-order chi connectivity index (χ0) is 15.2. The number of benzene rings is 1. The molecular weight excluding hydrogens is 316 g/mol. The Balaban J connectivity index is 2.98. The van der Waals surface area contributed by atoms with Crippen molar-refractivity contribution in [1.29, 1.82) is 0 Å². The molecule has 4 nitrogen and oxygen atoms in total. The molecule has 1 rings (SSSR count). The molecule has 114 valence electrons. The summed E-state index contributed by atoms with van der Waals surface area (Å²) >= 11 is 7.62. The van der Waals surface area contributed by atoms with Crippen molar-refractivity contribution in [3.63, 3.8) is 0 Å². The minimum atomic E-state index is -3.58. The monoisotopic (exact) mass is 336 g/mol. The van der Waals surface area contributed by atoms with E-state index >= 15 is 0 Å². The van der Waals surface area contributed by atoms with Crippen LogP contribution in [0.1, 0.15) is 19.4 Å². The van der Waals surface area contributed by atoms with E-state index in [1.165, 1.54) is 0 Å². The van der Waals surface area contributed by atoms with E-state index in [4.69, 9.17) is 11.6 Å². The average molecular weight is 337 g/mol. The number of sulfonamides is 1. The summed E-state index contributed by atoms with van der Waals surface area (Å²) in [6, 6.07) is 4.94. The van der Waals surface area contributed by atoms with Gasteiger partial charge in [-0.05, 0) is 37.4 Å². The van der Waals surface area contributed by atoms with E-state index in [1.807, 2.05) is 26.2 Å². The van der Waals surface area contributed by atoms with E-state index < -0.39 is 10.0 Å². The minimum Gasteiger partial charge on any atom is -0.313 e. The van der Waals surface area contributed by atoms with Crippen molar-refractivity contribution in [2.75, 3.05) is 18.6 Å². The molecule has 1 atom stereocenters. The third kappa shape index (κ3) is 5.26. The van der Waals surface area contributed by atoms with Crippen LogP contribution in [-0.4, -0.2) is 33.0 Å². The van der Waals surface area contributed by atoms with Gasteiger partial charge in [0.1, 0.15) is 4.90 Å². The van der Waals surface area contributed by atoms with E-state index in [0.29, 0.717) is 12.3 Å². The molecule has 0 bridgehead atoms. The first-order valence-corrected chi connectivity index (χ1v) is 9.66. The lowest BCUT2D eigenvalue weighted by Gasteiger charge is -2.14. The average Bonchev–Trinajstić information content (AvgIpc) is 2.37. The van der Waals surface area contributed by atoms with Crippen molar-refractivity contribution >= 4 is 33.4 Å². The molecule has 7 heteroatoms. The van der Waals surface area contributed by atoms with Crippen LogP contribution in [0.5, 0.6) is 0 Å². The van der Waals surface area contributed by atoms with Gasteiger partial charge in [-0.25, -0.2) is 13.1 Å². The SMILES string of the molecule is CCNCc1ccc(Cl)c(S(=O)(=O)NC(C)CSC)c1. The number of hydrogen-bond donors (Lipinski definition) is 2. The molecule has 0 aromatic heterocycles. The molecule has 0 spiro atoms. The van der Waals surface area contributed by atoms with Crippen molar-refractivity contribution in [3.8, 4) is 0 Å². The van der Waals surface area contributed by atoms with Crippen LogP contribution >= 0.6 is 23.4 Å². The molecule has 0 aliphatic carbocycles. The maximum absolute atomic E-state index is 12.3. The van der Waals surface area contributed by atoms with Gasteiger partial charge in [-0.3, -0.25) is 0 Å². The van der Waals surface area contributed by atoms with Gasteiger partial charge < -0.3 is 5.32 Å². The van der Waals surface area contributed by atoms with Crippen molar-refractivity contribution in [2.45, 2.75) is 31.3 Å². The zero-order valence-corrected chi connectivity index (χ0v) is 14.3. The Kier molecular flexibility index (Phi) is 7.33. The Morgan fingerprint density at radius 3 is 2.70 bits per heavy atom. The lowest BCUT2D eigenvalue weighted by atomic mass is 10.2. The number of nitrogens with one attached hydrogen (secondary N) is 2. The number of thioether (sulfide) groups is 1. The molecule has 0 amide bonds. The number of halogens is 1. The van der Waals surface area contributed by atoms with E-state index in [1.54, 1.807) is 23.9 Å². The van der Waals surface area contributed by atoms with Gasteiger partial charge in [0.15, 0.2) is 0 Å². The van der Waals surface area contributed by atoms with Crippen LogP contribution in [0.25, 0.3) is 0 Å². The highest BCUT2D eigenvalue weighted by Crippen LogP contribution is 2.23. The normalized spacial score (nSPS) is 13.4. The summed E-state index contributed by atoms with van der Waals surface area (Å²) in [5.41, 5.74) is 0.897. The predicted octanol–water partition coefficient (Wildman–Crippen LogP) is 2.48. The van der Waals surface area contributed by atoms with Gasteiger partial charge in [0.2, 0.25) is 10.0 Å². The Labute approximate surface area is 130 Å². The summed E-state index contributed by atoms with van der Waals surface area (Å²) in [4.78, 5) is 0.141. The topological polar surface area (TPSA) is 58.2 Å². The van der Waals surface area contributed by atoms with Gasteiger partial charge in [-0.1, -0.05) is 24.6 Å². The molecule has 2 N–H and O–H groups in total. The molecule has 1 aromatic rings. The molecule has 0 saturated heterocycles. The molecule has 0 aliphatic heterocycles. The molecule has 0 saturated carbocycles. The van der Waals surface area contributed by atoms with Gasteiger partial charge >= 0.3 is 0 Å². The Morgan fingerprint density at radius 1 is 1.40 bits per heavy atom. The van der Waals surface area contributed by atoms with Crippen molar-refractivity contribution < 1.29 is 8.42 Å². The van der Waals surface area contributed by atoms with Crippen LogP contribution in [0, 0.1) is 0 Å². The van der Waals surface area contributed by atoms with Crippen molar-refractivity contribution in [1.82, 2.24) is 10.0 Å². The maximum atomic E-state index is 12.3. The molecule has 20 heavy (non-hydrogen) atoms. The van der Waals surface area contributed by atoms with E-state index in [9.17, 15) is 8.42 Å². The molecule has 0 radical (unpaired) electrons. The zero-order valence-electron chi connectivity index (χ0n) is 11.9. The van der Waals surface area contributed by atoms with Gasteiger partial charge in [0, 0.05) is 18.3 Å². The summed E-state index contributed by atoms with van der Waals surface area (Å²) in [6.07, 6.45) is 1.94. The van der Waals surface area contributed by atoms with E-state index in [0.717, 1.165) is 12.1 Å². The van der Waals surface area contributed by atoms with Crippen molar-refractivity contribution in [2.24, 2.45) is 0 Å². The van der Waals surface area contributed by atoms with Gasteiger partial charge in [0.05, 0.1) is 5.02 Å². The lowest BCUT2D eigenvalue weighted by molar-refractivity contribution is 0.571. The molecule has 1 aromatic carbocycles. The first-order valence-electron chi connectivity index (χ1n) is 6.41. The molecule has 0 fully saturated rings. The highest BCUT2D eigenvalue weighted by atomic mass is 35.5. The fourth-order valence-electron chi connectivity index (χ4n) is 1.75. The lowest BCUT2D eigenvalue weighted by Crippen LogP contribution is -2.34. The number of hydrogen-bond acceptors (Lipinski definition) is 4. The third-order valence-electron chi connectivity index (χ3n) is 2.64. The Hall–Kier alpha value is -0.270. The second-order valence-electron chi connectivity index (χ2n) is 4.52. The Morgan fingerprint density at radius 2 is 2.10 bits per heavy atom. The van der Waals surface area contributed by atoms with Crippen LogP contribution in [0.2, 0.25) is 5.02 Å². The molecule has 0 aliphatic rings.